The van der Waals surface area contributed by atoms with Gasteiger partial charge in [-0.05, 0) is 49.8 Å². The summed E-state index contributed by atoms with van der Waals surface area (Å²) in [7, 11) is 0. The van der Waals surface area contributed by atoms with E-state index in [1.807, 2.05) is 6.07 Å². The molecular formula is C25H38N2O3. The molecule has 0 aliphatic carbocycles. The molecule has 0 bridgehead atoms. The minimum Gasteiger partial charge on any atom is -0.507 e. The van der Waals surface area contributed by atoms with Gasteiger partial charge in [0.1, 0.15) is 17.1 Å². The fourth-order valence-electron chi connectivity index (χ4n) is 5.18. The zero-order valence-electron chi connectivity index (χ0n) is 19.2. The Balaban J connectivity index is 2.00. The lowest BCUT2D eigenvalue weighted by molar-refractivity contribution is -0.112. The smallest absolute Gasteiger partial charge is 0.190 e. The highest BCUT2D eigenvalue weighted by atomic mass is 16.5. The molecule has 3 N–H and O–H groups in total. The third kappa shape index (κ3) is 4.27. The maximum Gasteiger partial charge on any atom is 0.190 e. The topological polar surface area (TPSA) is 84.9 Å². The molecule has 0 spiro atoms. The van der Waals surface area contributed by atoms with Crippen LogP contribution in [0.25, 0.3) is 0 Å². The summed E-state index contributed by atoms with van der Waals surface area (Å²) in [6.45, 7) is 11.4. The SMILES string of the molecule is CCCCCC(C)C(C)c1cc(O)c2c(c1)OC(C)(C)C1CCN=C(C(=O)CN)C21. The number of phenols is 1. The molecule has 0 saturated carbocycles. The molecule has 0 radical (unpaired) electrons. The molecule has 0 fully saturated rings. The zero-order chi connectivity index (χ0) is 22.1. The summed E-state index contributed by atoms with van der Waals surface area (Å²) in [5, 5.41) is 11.1. The summed E-state index contributed by atoms with van der Waals surface area (Å²) in [4.78, 5) is 17.1. The van der Waals surface area contributed by atoms with E-state index in [0.29, 0.717) is 35.4 Å². The number of hydrogen-bond acceptors (Lipinski definition) is 5. The number of ether oxygens (including phenoxy) is 1. The molecular weight excluding hydrogens is 376 g/mol. The Labute approximate surface area is 181 Å². The van der Waals surface area contributed by atoms with Crippen LogP contribution in [0.1, 0.15) is 89.7 Å². The van der Waals surface area contributed by atoms with Crippen LogP contribution in [0.3, 0.4) is 0 Å². The number of unbranched alkanes of at least 4 members (excludes halogenated alkanes) is 2. The quantitative estimate of drug-likeness (QED) is 0.589. The Hall–Kier alpha value is -1.88. The number of aromatic hydroxyl groups is 1. The number of phenolic OH excluding ortho intramolecular Hbond substituents is 1. The summed E-state index contributed by atoms with van der Waals surface area (Å²) in [5.41, 5.74) is 7.51. The van der Waals surface area contributed by atoms with E-state index >= 15 is 0 Å². The molecule has 1 aromatic rings. The van der Waals surface area contributed by atoms with Crippen LogP contribution in [0, 0.1) is 11.8 Å². The van der Waals surface area contributed by atoms with Crippen LogP contribution in [-0.4, -0.2) is 35.3 Å². The van der Waals surface area contributed by atoms with E-state index < -0.39 is 5.60 Å². The molecule has 30 heavy (non-hydrogen) atoms. The highest BCUT2D eigenvalue weighted by molar-refractivity contribution is 6.43. The van der Waals surface area contributed by atoms with E-state index in [2.05, 4.69) is 45.7 Å². The Morgan fingerprint density at radius 3 is 2.73 bits per heavy atom. The summed E-state index contributed by atoms with van der Waals surface area (Å²) in [5.74, 6) is 1.39. The molecule has 0 amide bonds. The first kappa shape index (κ1) is 22.8. The van der Waals surface area contributed by atoms with E-state index in [9.17, 15) is 9.90 Å². The molecule has 2 heterocycles. The molecule has 166 valence electrons. The summed E-state index contributed by atoms with van der Waals surface area (Å²) in [6.07, 6.45) is 5.70. The fourth-order valence-corrected chi connectivity index (χ4v) is 5.18. The highest BCUT2D eigenvalue weighted by Crippen LogP contribution is 2.52. The van der Waals surface area contributed by atoms with E-state index in [-0.39, 0.29) is 29.9 Å². The van der Waals surface area contributed by atoms with Crippen LogP contribution < -0.4 is 10.5 Å². The normalized spacial score (nSPS) is 24.1. The van der Waals surface area contributed by atoms with Gasteiger partial charge in [-0.3, -0.25) is 9.79 Å². The number of benzene rings is 1. The maximum atomic E-state index is 12.6. The van der Waals surface area contributed by atoms with Crippen LogP contribution >= 0.6 is 0 Å². The van der Waals surface area contributed by atoms with Crippen molar-refractivity contribution in [3.63, 3.8) is 0 Å². The molecule has 1 aromatic carbocycles. The van der Waals surface area contributed by atoms with E-state index in [4.69, 9.17) is 10.5 Å². The molecule has 2 aliphatic heterocycles. The lowest BCUT2D eigenvalue weighted by Gasteiger charge is -2.47. The van der Waals surface area contributed by atoms with Crippen molar-refractivity contribution in [1.29, 1.82) is 0 Å². The van der Waals surface area contributed by atoms with Gasteiger partial charge in [0.2, 0.25) is 0 Å². The summed E-state index contributed by atoms with van der Waals surface area (Å²) < 4.78 is 6.44. The van der Waals surface area contributed by atoms with Crippen molar-refractivity contribution in [3.05, 3.63) is 23.3 Å². The largest absolute Gasteiger partial charge is 0.507 e. The predicted molar refractivity (Wildman–Crippen MR) is 122 cm³/mol. The zero-order valence-corrected chi connectivity index (χ0v) is 19.2. The molecule has 5 nitrogen and oxygen atoms in total. The second kappa shape index (κ2) is 9.09. The van der Waals surface area contributed by atoms with E-state index in [1.54, 1.807) is 0 Å². The van der Waals surface area contributed by atoms with Gasteiger partial charge in [0, 0.05) is 23.9 Å². The molecule has 0 saturated heterocycles. The number of aliphatic imine (C=N–C) groups is 1. The summed E-state index contributed by atoms with van der Waals surface area (Å²) >= 11 is 0. The first-order chi connectivity index (χ1) is 14.2. The lowest BCUT2D eigenvalue weighted by atomic mass is 9.67. The maximum absolute atomic E-state index is 12.6. The third-order valence-electron chi connectivity index (χ3n) is 7.25. The minimum absolute atomic E-state index is 0.0656. The lowest BCUT2D eigenvalue weighted by Crippen LogP contribution is -2.50. The van der Waals surface area contributed by atoms with Crippen molar-refractivity contribution in [1.82, 2.24) is 0 Å². The standard InChI is InChI=1S/C25H38N2O3/c1-6-7-8-9-15(2)16(3)17-12-19(28)23-21(13-17)30-25(4,5)18-10-11-27-24(22(18)23)20(29)14-26/h12-13,15-16,18,22,28H,6-11,14,26H2,1-5H3. The van der Waals surface area contributed by atoms with Gasteiger partial charge in [0.25, 0.3) is 0 Å². The van der Waals surface area contributed by atoms with Crippen LogP contribution in [0.4, 0.5) is 0 Å². The van der Waals surface area contributed by atoms with E-state index in [1.165, 1.54) is 25.7 Å². The van der Waals surface area contributed by atoms with Gasteiger partial charge in [0.05, 0.1) is 12.3 Å². The Morgan fingerprint density at radius 2 is 2.07 bits per heavy atom. The van der Waals surface area contributed by atoms with Crippen molar-refractivity contribution >= 4 is 11.5 Å². The average Bonchev–Trinajstić information content (AvgIpc) is 2.71. The fraction of sp³-hybridized carbons (Fsp3) is 0.680. The second-order valence-corrected chi connectivity index (χ2v) is 9.69. The first-order valence-electron chi connectivity index (χ1n) is 11.5. The number of Topliss-reactive ketones (excluding diaryl/α,β-unsaturated/α-hetero) is 1. The number of nitrogens with zero attached hydrogens (tertiary/aromatic N) is 1. The monoisotopic (exact) mass is 414 g/mol. The molecule has 4 unspecified atom stereocenters. The summed E-state index contributed by atoms with van der Waals surface area (Å²) in [6, 6.07) is 3.95. The van der Waals surface area contributed by atoms with Crippen LogP contribution in [0.2, 0.25) is 0 Å². The Morgan fingerprint density at radius 1 is 1.33 bits per heavy atom. The van der Waals surface area contributed by atoms with Gasteiger partial charge in [0.15, 0.2) is 5.78 Å². The van der Waals surface area contributed by atoms with Crippen LogP contribution in [0.15, 0.2) is 17.1 Å². The number of carbonyl (C=O) groups excluding carboxylic acids is 1. The Bertz CT molecular complexity index is 815. The number of rotatable bonds is 8. The number of nitrogens with two attached hydrogens (primary N) is 1. The highest BCUT2D eigenvalue weighted by Gasteiger charge is 2.49. The number of ketones is 1. The minimum atomic E-state index is -0.450. The van der Waals surface area contributed by atoms with Crippen molar-refractivity contribution in [3.8, 4) is 11.5 Å². The van der Waals surface area contributed by atoms with Gasteiger partial charge in [-0.1, -0.05) is 46.5 Å². The predicted octanol–water partition coefficient (Wildman–Crippen LogP) is 4.96. The van der Waals surface area contributed by atoms with Gasteiger partial charge < -0.3 is 15.6 Å². The van der Waals surface area contributed by atoms with Gasteiger partial charge in [-0.15, -0.1) is 0 Å². The number of carbonyl (C=O) groups is 1. The number of fused-ring (bicyclic) bond motifs is 3. The van der Waals surface area contributed by atoms with Crippen LogP contribution in [0.5, 0.6) is 11.5 Å². The average molecular weight is 415 g/mol. The van der Waals surface area contributed by atoms with Crippen molar-refractivity contribution in [2.75, 3.05) is 13.1 Å². The molecule has 5 heteroatoms. The molecule has 4 atom stereocenters. The van der Waals surface area contributed by atoms with Crippen molar-refractivity contribution in [2.24, 2.45) is 22.6 Å². The second-order valence-electron chi connectivity index (χ2n) is 9.69. The number of hydrogen-bond donors (Lipinski definition) is 2. The van der Waals surface area contributed by atoms with Crippen molar-refractivity contribution in [2.45, 2.75) is 84.2 Å². The van der Waals surface area contributed by atoms with E-state index in [0.717, 1.165) is 12.0 Å². The third-order valence-corrected chi connectivity index (χ3v) is 7.25. The Kier molecular flexibility index (Phi) is 6.91. The molecule has 0 aromatic heterocycles. The van der Waals surface area contributed by atoms with Crippen LogP contribution in [-0.2, 0) is 4.79 Å². The van der Waals surface area contributed by atoms with Gasteiger partial charge in [-0.25, -0.2) is 0 Å². The van der Waals surface area contributed by atoms with Crippen molar-refractivity contribution < 1.29 is 14.6 Å². The molecule has 3 rings (SSSR count). The van der Waals surface area contributed by atoms with Gasteiger partial charge in [-0.2, -0.15) is 0 Å². The first-order valence-corrected chi connectivity index (χ1v) is 11.5. The molecule has 2 aliphatic rings. The van der Waals surface area contributed by atoms with Gasteiger partial charge >= 0.3 is 0 Å².